The second kappa shape index (κ2) is 11.5. The molecule has 7 nitrogen and oxygen atoms in total. The lowest BCUT2D eigenvalue weighted by Gasteiger charge is -2.36. The van der Waals surface area contributed by atoms with Crippen molar-refractivity contribution in [1.29, 1.82) is 0 Å². The first-order valence-corrected chi connectivity index (χ1v) is 14.0. The molecule has 1 saturated carbocycles. The van der Waals surface area contributed by atoms with E-state index >= 15 is 0 Å². The molecule has 0 atom stereocenters. The highest BCUT2D eigenvalue weighted by atomic mass is 28.4. The molecule has 31 heavy (non-hydrogen) atoms. The van der Waals surface area contributed by atoms with Crippen LogP contribution in [0.5, 0.6) is 0 Å². The van der Waals surface area contributed by atoms with E-state index in [0.717, 1.165) is 31.2 Å². The minimum Gasteiger partial charge on any atom is -0.447 e. The third-order valence-corrected chi connectivity index (χ3v) is 10.7. The van der Waals surface area contributed by atoms with Crippen molar-refractivity contribution in [1.82, 2.24) is 10.6 Å². The van der Waals surface area contributed by atoms with Crippen molar-refractivity contribution in [2.45, 2.75) is 83.3 Å². The van der Waals surface area contributed by atoms with Crippen molar-refractivity contribution in [3.05, 3.63) is 35.9 Å². The molecule has 0 bridgehead atoms. The van der Waals surface area contributed by atoms with Crippen LogP contribution < -0.4 is 10.6 Å². The highest BCUT2D eigenvalue weighted by molar-refractivity contribution is 6.74. The van der Waals surface area contributed by atoms with Gasteiger partial charge < -0.3 is 24.5 Å². The van der Waals surface area contributed by atoms with Gasteiger partial charge in [-0.1, -0.05) is 51.1 Å². The molecule has 0 aromatic heterocycles. The molecule has 1 aromatic rings. The van der Waals surface area contributed by atoms with Gasteiger partial charge in [0.2, 0.25) is 0 Å². The Labute approximate surface area is 187 Å². The monoisotopic (exact) mass is 450 g/mol. The summed E-state index contributed by atoms with van der Waals surface area (Å²) in [5.74, 6) is 0. The van der Waals surface area contributed by atoms with Crippen LogP contribution in [0.4, 0.5) is 9.59 Å². The molecule has 2 rings (SSSR count). The Kier molecular flexibility index (Phi) is 9.37. The maximum absolute atomic E-state index is 12.0. The molecule has 0 saturated heterocycles. The van der Waals surface area contributed by atoms with Crippen LogP contribution in [0.25, 0.3) is 0 Å². The highest BCUT2D eigenvalue weighted by Gasteiger charge is 2.37. The number of carbonyl (C=O) groups is 2. The second-order valence-electron chi connectivity index (χ2n) is 9.64. The number of benzene rings is 1. The highest BCUT2D eigenvalue weighted by Crippen LogP contribution is 2.36. The molecule has 1 aromatic carbocycles. The van der Waals surface area contributed by atoms with Crippen LogP contribution in [-0.2, 0) is 20.5 Å². The summed E-state index contributed by atoms with van der Waals surface area (Å²) < 4.78 is 16.6. The zero-order chi connectivity index (χ0) is 22.9. The largest absolute Gasteiger partial charge is 0.447 e. The van der Waals surface area contributed by atoms with E-state index < -0.39 is 20.5 Å². The molecule has 0 radical (unpaired) electrons. The summed E-state index contributed by atoms with van der Waals surface area (Å²) in [5, 5.41) is 5.97. The summed E-state index contributed by atoms with van der Waals surface area (Å²) in [6.45, 7) is 11.8. The molecule has 8 heteroatoms. The molecule has 1 fully saturated rings. The molecular formula is C23H38N2O5Si. The quantitative estimate of drug-likeness (QED) is 0.431. The van der Waals surface area contributed by atoms with Gasteiger partial charge >= 0.3 is 12.2 Å². The number of amides is 2. The average molecular weight is 451 g/mol. The van der Waals surface area contributed by atoms with Crippen LogP contribution in [0.15, 0.2) is 30.3 Å². The molecule has 1 aliphatic rings. The van der Waals surface area contributed by atoms with Gasteiger partial charge in [0.1, 0.15) is 13.2 Å². The van der Waals surface area contributed by atoms with Gasteiger partial charge in [0.15, 0.2) is 8.32 Å². The smallest absolute Gasteiger partial charge is 0.407 e. The zero-order valence-electron chi connectivity index (χ0n) is 19.5. The normalized spacial score (nSPS) is 19.4. The van der Waals surface area contributed by atoms with Gasteiger partial charge in [-0.3, -0.25) is 0 Å². The van der Waals surface area contributed by atoms with Gasteiger partial charge in [0.25, 0.3) is 0 Å². The molecule has 2 N–H and O–H groups in total. The number of carbonyl (C=O) groups excluding carboxylic acids is 2. The van der Waals surface area contributed by atoms with E-state index in [0.29, 0.717) is 6.61 Å². The number of alkyl carbamates (subject to hydrolysis) is 2. The summed E-state index contributed by atoms with van der Waals surface area (Å²) in [4.78, 5) is 24.0. The number of hydrogen-bond donors (Lipinski definition) is 2. The third-order valence-electron chi connectivity index (χ3n) is 6.17. The number of rotatable bonds is 8. The van der Waals surface area contributed by atoms with Crippen molar-refractivity contribution in [2.24, 2.45) is 0 Å². The van der Waals surface area contributed by atoms with Gasteiger partial charge in [0.05, 0.1) is 6.61 Å². The Bertz CT molecular complexity index is 698. The lowest BCUT2D eigenvalue weighted by Crippen LogP contribution is -2.44. The summed E-state index contributed by atoms with van der Waals surface area (Å²) in [6.07, 6.45) is 2.36. The first-order valence-electron chi connectivity index (χ1n) is 11.1. The van der Waals surface area contributed by atoms with E-state index in [1.165, 1.54) is 0 Å². The van der Waals surface area contributed by atoms with E-state index in [1.807, 2.05) is 30.3 Å². The van der Waals surface area contributed by atoms with Crippen LogP contribution in [0.1, 0.15) is 52.0 Å². The standard InChI is InChI=1S/C23H38N2O5Si/c1-23(2,3)31(4,5)30-16-15-28-21(26)24-19-11-13-20(14-12-19)25-22(27)29-17-18-9-7-6-8-10-18/h6-10,19-20H,11-17H2,1-5H3,(H,24,26)(H,25,27)/t19-,20-. The van der Waals surface area contributed by atoms with Gasteiger partial charge in [-0.25, -0.2) is 9.59 Å². The minimum atomic E-state index is -1.82. The molecule has 174 valence electrons. The fraction of sp³-hybridized carbons (Fsp3) is 0.652. The van der Waals surface area contributed by atoms with E-state index in [2.05, 4.69) is 44.5 Å². The Morgan fingerprint density at radius 3 is 1.94 bits per heavy atom. The Morgan fingerprint density at radius 2 is 1.42 bits per heavy atom. The summed E-state index contributed by atoms with van der Waals surface area (Å²) >= 11 is 0. The Morgan fingerprint density at radius 1 is 0.903 bits per heavy atom. The first kappa shape index (κ1) is 25.2. The van der Waals surface area contributed by atoms with Crippen molar-refractivity contribution < 1.29 is 23.5 Å². The zero-order valence-corrected chi connectivity index (χ0v) is 20.5. The Balaban J connectivity index is 1.57. The fourth-order valence-electron chi connectivity index (χ4n) is 3.17. The molecule has 0 unspecified atom stereocenters. The molecule has 2 amide bonds. The van der Waals surface area contributed by atoms with E-state index in [4.69, 9.17) is 13.9 Å². The van der Waals surface area contributed by atoms with Crippen molar-refractivity contribution in [3.63, 3.8) is 0 Å². The topological polar surface area (TPSA) is 85.9 Å². The van der Waals surface area contributed by atoms with Gasteiger partial charge in [-0.05, 0) is 49.4 Å². The summed E-state index contributed by atoms with van der Waals surface area (Å²) in [7, 11) is -1.82. The summed E-state index contributed by atoms with van der Waals surface area (Å²) in [5.41, 5.74) is 0.957. The first-order chi connectivity index (χ1) is 14.6. The minimum absolute atomic E-state index is 0.0622. The lowest BCUT2D eigenvalue weighted by atomic mass is 9.91. The third kappa shape index (κ3) is 8.91. The van der Waals surface area contributed by atoms with E-state index in [1.54, 1.807) is 0 Å². The maximum atomic E-state index is 12.0. The number of ether oxygens (including phenoxy) is 2. The Hall–Kier alpha value is -2.06. The lowest BCUT2D eigenvalue weighted by molar-refractivity contribution is 0.114. The molecule has 0 heterocycles. The van der Waals surface area contributed by atoms with Crippen molar-refractivity contribution in [2.75, 3.05) is 13.2 Å². The second-order valence-corrected chi connectivity index (χ2v) is 14.5. The van der Waals surface area contributed by atoms with Gasteiger partial charge in [0, 0.05) is 12.1 Å². The molecule has 1 aliphatic carbocycles. The predicted octanol–water partition coefficient (Wildman–Crippen LogP) is 4.97. The van der Waals surface area contributed by atoms with Crippen LogP contribution in [0.2, 0.25) is 18.1 Å². The molecule has 0 spiro atoms. The maximum Gasteiger partial charge on any atom is 0.407 e. The average Bonchev–Trinajstić information content (AvgIpc) is 2.71. The van der Waals surface area contributed by atoms with Crippen molar-refractivity contribution in [3.8, 4) is 0 Å². The molecule has 0 aliphatic heterocycles. The number of nitrogens with one attached hydrogen (secondary N) is 2. The van der Waals surface area contributed by atoms with Crippen molar-refractivity contribution >= 4 is 20.5 Å². The SMILES string of the molecule is CC(C)(C)[Si](C)(C)OCCOC(=O)N[C@H]1CC[C@H](NC(=O)OCc2ccccc2)CC1. The van der Waals surface area contributed by atoms with Crippen LogP contribution in [0, 0.1) is 0 Å². The molecular weight excluding hydrogens is 412 g/mol. The van der Waals surface area contributed by atoms with E-state index in [-0.39, 0.29) is 30.3 Å². The van der Waals surface area contributed by atoms with Crippen LogP contribution in [0.3, 0.4) is 0 Å². The van der Waals surface area contributed by atoms with E-state index in [9.17, 15) is 9.59 Å². The van der Waals surface area contributed by atoms with Gasteiger partial charge in [-0.15, -0.1) is 0 Å². The van der Waals surface area contributed by atoms with Crippen LogP contribution in [-0.4, -0.2) is 45.8 Å². The summed E-state index contributed by atoms with van der Waals surface area (Å²) in [6, 6.07) is 9.72. The number of hydrogen-bond acceptors (Lipinski definition) is 5. The predicted molar refractivity (Wildman–Crippen MR) is 123 cm³/mol. The fourth-order valence-corrected chi connectivity index (χ4v) is 4.20. The van der Waals surface area contributed by atoms with Crippen LogP contribution >= 0.6 is 0 Å². The van der Waals surface area contributed by atoms with Gasteiger partial charge in [-0.2, -0.15) is 0 Å².